The van der Waals surface area contributed by atoms with E-state index >= 15 is 0 Å². The van der Waals surface area contributed by atoms with Crippen LogP contribution in [0.1, 0.15) is 12.5 Å². The van der Waals surface area contributed by atoms with Crippen LogP contribution in [0.3, 0.4) is 0 Å². The van der Waals surface area contributed by atoms with Crippen LogP contribution in [0.5, 0.6) is 0 Å². The molecule has 0 saturated carbocycles. The second kappa shape index (κ2) is 7.87. The fraction of sp³-hybridized carbons (Fsp3) is 0.625. The maximum atomic E-state index is 5.76. The number of alkyl halides is 1. The van der Waals surface area contributed by atoms with Crippen molar-refractivity contribution in [3.05, 3.63) is 29.8 Å². The van der Waals surface area contributed by atoms with E-state index in [1.807, 2.05) is 0 Å². The Morgan fingerprint density at radius 3 is 2.30 bits per heavy atom. The van der Waals surface area contributed by atoms with Crippen molar-refractivity contribution in [3.8, 4) is 0 Å². The van der Waals surface area contributed by atoms with Gasteiger partial charge in [-0.25, -0.2) is 0 Å². The SMILES string of the molecule is CCN1CCN(c2ccc(CN(C)CCCl)cc2)CC1. The Morgan fingerprint density at radius 1 is 1.10 bits per heavy atom. The molecular weight excluding hydrogens is 270 g/mol. The summed E-state index contributed by atoms with van der Waals surface area (Å²) in [5.74, 6) is 0.691. The quantitative estimate of drug-likeness (QED) is 0.747. The predicted molar refractivity (Wildman–Crippen MR) is 87.8 cm³/mol. The van der Waals surface area contributed by atoms with Gasteiger partial charge < -0.3 is 14.7 Å². The molecule has 1 aliphatic heterocycles. The van der Waals surface area contributed by atoms with Gasteiger partial charge in [-0.15, -0.1) is 11.6 Å². The molecule has 1 heterocycles. The molecule has 1 saturated heterocycles. The molecule has 4 heteroatoms. The number of piperazine rings is 1. The zero-order valence-electron chi connectivity index (χ0n) is 12.7. The summed E-state index contributed by atoms with van der Waals surface area (Å²) in [4.78, 5) is 7.24. The minimum absolute atomic E-state index is 0.691. The topological polar surface area (TPSA) is 9.72 Å². The highest BCUT2D eigenvalue weighted by Crippen LogP contribution is 2.18. The van der Waals surface area contributed by atoms with Crippen molar-refractivity contribution >= 4 is 17.3 Å². The Bertz CT molecular complexity index is 385. The van der Waals surface area contributed by atoms with Crippen molar-refractivity contribution in [2.24, 2.45) is 0 Å². The van der Waals surface area contributed by atoms with Crippen molar-refractivity contribution in [1.29, 1.82) is 0 Å². The molecule has 0 bridgehead atoms. The van der Waals surface area contributed by atoms with Gasteiger partial charge in [-0.1, -0.05) is 19.1 Å². The van der Waals surface area contributed by atoms with Gasteiger partial charge in [-0.3, -0.25) is 0 Å². The lowest BCUT2D eigenvalue weighted by atomic mass is 10.1. The largest absolute Gasteiger partial charge is 0.369 e. The van der Waals surface area contributed by atoms with Gasteiger partial charge in [-0.05, 0) is 31.3 Å². The number of rotatable bonds is 6. The Kier molecular flexibility index (Phi) is 6.14. The Hall–Kier alpha value is -0.770. The van der Waals surface area contributed by atoms with Crippen LogP contribution in [0.2, 0.25) is 0 Å². The van der Waals surface area contributed by atoms with Crippen LogP contribution in [-0.2, 0) is 6.54 Å². The summed E-state index contributed by atoms with van der Waals surface area (Å²) in [7, 11) is 2.11. The third-order valence-electron chi connectivity index (χ3n) is 4.04. The van der Waals surface area contributed by atoms with E-state index in [-0.39, 0.29) is 0 Å². The average Bonchev–Trinajstić information content (AvgIpc) is 2.48. The minimum Gasteiger partial charge on any atom is -0.369 e. The highest BCUT2D eigenvalue weighted by atomic mass is 35.5. The number of anilines is 1. The van der Waals surface area contributed by atoms with Gasteiger partial charge >= 0.3 is 0 Å². The van der Waals surface area contributed by atoms with E-state index in [0.29, 0.717) is 5.88 Å². The monoisotopic (exact) mass is 295 g/mol. The highest BCUT2D eigenvalue weighted by molar-refractivity contribution is 6.18. The summed E-state index contributed by atoms with van der Waals surface area (Å²) in [6.07, 6.45) is 0. The maximum absolute atomic E-state index is 5.76. The van der Waals surface area contributed by atoms with Gasteiger partial charge in [0.1, 0.15) is 0 Å². The molecule has 1 aromatic carbocycles. The molecule has 0 amide bonds. The number of nitrogens with zero attached hydrogens (tertiary/aromatic N) is 3. The van der Waals surface area contributed by atoms with Gasteiger partial charge in [0.05, 0.1) is 0 Å². The van der Waals surface area contributed by atoms with E-state index in [1.54, 1.807) is 0 Å². The van der Waals surface area contributed by atoms with E-state index in [9.17, 15) is 0 Å². The number of halogens is 1. The standard InChI is InChI=1S/C16H26ClN3/c1-3-19-10-12-20(13-11-19)16-6-4-15(5-7-16)14-18(2)9-8-17/h4-7H,3,8-14H2,1-2H3. The van der Waals surface area contributed by atoms with Crippen LogP contribution in [0.15, 0.2) is 24.3 Å². The smallest absolute Gasteiger partial charge is 0.0367 e. The summed E-state index contributed by atoms with van der Waals surface area (Å²) in [5.41, 5.74) is 2.71. The van der Waals surface area contributed by atoms with Crippen LogP contribution in [0.4, 0.5) is 5.69 Å². The number of likely N-dealkylation sites (N-methyl/N-ethyl adjacent to an activating group) is 1. The molecule has 0 radical (unpaired) electrons. The second-order valence-corrected chi connectivity index (χ2v) is 5.89. The first-order chi connectivity index (χ1) is 9.72. The van der Waals surface area contributed by atoms with Gasteiger partial charge in [0.2, 0.25) is 0 Å². The fourth-order valence-electron chi connectivity index (χ4n) is 2.67. The van der Waals surface area contributed by atoms with Crippen LogP contribution in [0.25, 0.3) is 0 Å². The predicted octanol–water partition coefficient (Wildman–Crippen LogP) is 2.50. The zero-order valence-corrected chi connectivity index (χ0v) is 13.4. The first-order valence-corrected chi connectivity index (χ1v) is 8.07. The Morgan fingerprint density at radius 2 is 1.75 bits per heavy atom. The van der Waals surface area contributed by atoms with Crippen molar-refractivity contribution in [2.45, 2.75) is 13.5 Å². The molecule has 0 aromatic heterocycles. The molecule has 0 spiro atoms. The van der Waals surface area contributed by atoms with Crippen LogP contribution < -0.4 is 4.90 Å². The average molecular weight is 296 g/mol. The summed E-state index contributed by atoms with van der Waals surface area (Å²) in [5, 5.41) is 0. The molecule has 20 heavy (non-hydrogen) atoms. The summed E-state index contributed by atoms with van der Waals surface area (Å²) in [6, 6.07) is 9.00. The molecule has 1 aliphatic rings. The lowest BCUT2D eigenvalue weighted by Gasteiger charge is -2.35. The first kappa shape index (κ1) is 15.6. The molecule has 3 nitrogen and oxygen atoms in total. The molecule has 1 fully saturated rings. The van der Waals surface area contributed by atoms with Crippen LogP contribution in [-0.4, -0.2) is 62.0 Å². The van der Waals surface area contributed by atoms with Crippen LogP contribution >= 0.6 is 11.6 Å². The fourth-order valence-corrected chi connectivity index (χ4v) is 2.96. The molecule has 0 N–H and O–H groups in total. The van der Waals surface area contributed by atoms with E-state index in [4.69, 9.17) is 11.6 Å². The van der Waals surface area contributed by atoms with Crippen molar-refractivity contribution in [2.75, 3.05) is 57.1 Å². The molecule has 2 rings (SSSR count). The number of benzene rings is 1. The molecule has 1 aromatic rings. The third kappa shape index (κ3) is 4.37. The first-order valence-electron chi connectivity index (χ1n) is 7.53. The second-order valence-electron chi connectivity index (χ2n) is 5.51. The van der Waals surface area contributed by atoms with Crippen molar-refractivity contribution in [3.63, 3.8) is 0 Å². The highest BCUT2D eigenvalue weighted by Gasteiger charge is 2.15. The number of hydrogen-bond acceptors (Lipinski definition) is 3. The van der Waals surface area contributed by atoms with Gasteiger partial charge in [0, 0.05) is 50.8 Å². The van der Waals surface area contributed by atoms with Gasteiger partial charge in [0.15, 0.2) is 0 Å². The Labute approximate surface area is 128 Å². The van der Waals surface area contributed by atoms with Gasteiger partial charge in [-0.2, -0.15) is 0 Å². The molecule has 0 unspecified atom stereocenters. The normalized spacial score (nSPS) is 16.9. The van der Waals surface area contributed by atoms with E-state index < -0.39 is 0 Å². The van der Waals surface area contributed by atoms with Crippen molar-refractivity contribution < 1.29 is 0 Å². The lowest BCUT2D eigenvalue weighted by molar-refractivity contribution is 0.271. The molecular formula is C16H26ClN3. The third-order valence-corrected chi connectivity index (χ3v) is 4.21. The maximum Gasteiger partial charge on any atom is 0.0367 e. The lowest BCUT2D eigenvalue weighted by Crippen LogP contribution is -2.46. The molecule has 112 valence electrons. The zero-order chi connectivity index (χ0) is 14.4. The van der Waals surface area contributed by atoms with E-state index in [1.165, 1.54) is 30.9 Å². The van der Waals surface area contributed by atoms with E-state index in [0.717, 1.165) is 26.2 Å². The Balaban J connectivity index is 1.88. The summed E-state index contributed by atoms with van der Waals surface area (Å²) in [6.45, 7) is 9.94. The minimum atomic E-state index is 0.691. The molecule has 0 atom stereocenters. The van der Waals surface area contributed by atoms with Crippen molar-refractivity contribution in [1.82, 2.24) is 9.80 Å². The summed E-state index contributed by atoms with van der Waals surface area (Å²) >= 11 is 5.76. The molecule has 0 aliphatic carbocycles. The van der Waals surface area contributed by atoms with Gasteiger partial charge in [0.25, 0.3) is 0 Å². The van der Waals surface area contributed by atoms with E-state index in [2.05, 4.69) is 52.9 Å². The van der Waals surface area contributed by atoms with Crippen LogP contribution in [0, 0.1) is 0 Å². The number of hydrogen-bond donors (Lipinski definition) is 0. The summed E-state index contributed by atoms with van der Waals surface area (Å²) < 4.78 is 0.